The number of hydrogen-bond donors (Lipinski definition) is 0. The van der Waals surface area contributed by atoms with Gasteiger partial charge >= 0.3 is 19.1 Å². The van der Waals surface area contributed by atoms with Crippen LogP contribution >= 0.6 is 15.9 Å². The van der Waals surface area contributed by atoms with E-state index in [4.69, 9.17) is 9.31 Å². The number of hydrogen-bond acceptors (Lipinski definition) is 6. The number of likely N-dealkylation sites (N-methyl/N-ethyl adjacent to an activating group) is 1. The predicted octanol–water partition coefficient (Wildman–Crippen LogP) is -0.602. The van der Waals surface area contributed by atoms with Crippen LogP contribution in [0.5, 0.6) is 0 Å². The third-order valence-corrected chi connectivity index (χ3v) is 3.00. The molecule has 1 aliphatic rings. The molecule has 1 aliphatic heterocycles. The summed E-state index contributed by atoms with van der Waals surface area (Å²) in [6, 6.07) is 0. The first-order chi connectivity index (χ1) is 7.40. The number of halogens is 1. The van der Waals surface area contributed by atoms with Crippen LogP contribution in [0.25, 0.3) is 0 Å². The maximum absolute atomic E-state index is 11.3. The summed E-state index contributed by atoms with van der Waals surface area (Å²) >= 11 is 3.02. The highest BCUT2D eigenvalue weighted by Gasteiger charge is 2.40. The molecule has 16 heavy (non-hydrogen) atoms. The maximum Gasteiger partial charge on any atom is 0.621 e. The Balaban J connectivity index is 2.74. The van der Waals surface area contributed by atoms with Crippen LogP contribution in [0.2, 0.25) is 0 Å². The van der Waals surface area contributed by atoms with Crippen molar-refractivity contribution < 1.29 is 23.7 Å². The summed E-state index contributed by atoms with van der Waals surface area (Å²) in [7, 11) is 0.408. The lowest BCUT2D eigenvalue weighted by Gasteiger charge is -2.23. The minimum absolute atomic E-state index is 0.0107. The monoisotopic (exact) mass is 291 g/mol. The first-order valence-electron chi connectivity index (χ1n) is 4.62. The average Bonchev–Trinajstić information content (AvgIpc) is 2.12. The molecule has 0 amide bonds. The van der Waals surface area contributed by atoms with Crippen molar-refractivity contribution in [2.75, 3.05) is 20.1 Å². The van der Waals surface area contributed by atoms with Crippen LogP contribution in [0.3, 0.4) is 0 Å². The molecule has 0 N–H and O–H groups in total. The summed E-state index contributed by atoms with van der Waals surface area (Å²) in [5.74, 6) is -1.35. The molecule has 0 spiro atoms. The number of ketones is 1. The van der Waals surface area contributed by atoms with Crippen molar-refractivity contribution in [3.8, 4) is 0 Å². The Morgan fingerprint density at radius 2 is 1.81 bits per heavy atom. The van der Waals surface area contributed by atoms with Gasteiger partial charge in [0.1, 0.15) is 10.5 Å². The molecular weight excluding hydrogens is 281 g/mol. The van der Waals surface area contributed by atoms with Crippen LogP contribution in [0.15, 0.2) is 0 Å². The molecule has 1 rings (SSSR count). The first-order valence-corrected chi connectivity index (χ1v) is 5.53. The van der Waals surface area contributed by atoms with Crippen LogP contribution < -0.4 is 0 Å². The molecule has 0 aromatic rings. The second-order valence-electron chi connectivity index (χ2n) is 3.53. The Labute approximate surface area is 102 Å². The number of carbonyl (C=O) groups excluding carboxylic acids is 3. The molecule has 0 aromatic heterocycles. The zero-order valence-electron chi connectivity index (χ0n) is 8.94. The normalized spacial score (nSPS) is 20.6. The second kappa shape index (κ2) is 5.45. The van der Waals surface area contributed by atoms with Crippen molar-refractivity contribution in [3.63, 3.8) is 0 Å². The predicted molar refractivity (Wildman–Crippen MR) is 58.8 cm³/mol. The van der Waals surface area contributed by atoms with Crippen LogP contribution in [0.1, 0.15) is 6.92 Å². The van der Waals surface area contributed by atoms with E-state index in [0.717, 1.165) is 0 Å². The number of alkyl halides is 1. The summed E-state index contributed by atoms with van der Waals surface area (Å²) in [5.41, 5.74) is 0. The third-order valence-electron chi connectivity index (χ3n) is 1.92. The average molecular weight is 292 g/mol. The molecule has 0 aromatic carbocycles. The van der Waals surface area contributed by atoms with E-state index >= 15 is 0 Å². The molecule has 0 bridgehead atoms. The lowest BCUT2D eigenvalue weighted by molar-refractivity contribution is -0.145. The minimum Gasteiger partial charge on any atom is -0.497 e. The second-order valence-corrected chi connectivity index (χ2v) is 4.52. The summed E-state index contributed by atoms with van der Waals surface area (Å²) < 4.78 is 8.90. The highest BCUT2D eigenvalue weighted by Crippen LogP contribution is 2.11. The fourth-order valence-corrected chi connectivity index (χ4v) is 1.38. The number of rotatable bonds is 2. The molecule has 8 heteroatoms. The lowest BCUT2D eigenvalue weighted by Crippen LogP contribution is -2.47. The standard InChI is InChI=1S/C8H11BBrNO5/c1-5(12)8(10)9-15-6(13)3-11(2)4-7(14)16-9/h8H,3-4H2,1-2H3/t8-/m0/s1. The van der Waals surface area contributed by atoms with E-state index in [0.29, 0.717) is 0 Å². The Morgan fingerprint density at radius 1 is 1.38 bits per heavy atom. The van der Waals surface area contributed by atoms with E-state index in [2.05, 4.69) is 15.9 Å². The van der Waals surface area contributed by atoms with E-state index < -0.39 is 23.8 Å². The molecule has 1 heterocycles. The zero-order valence-corrected chi connectivity index (χ0v) is 10.5. The highest BCUT2D eigenvalue weighted by molar-refractivity contribution is 9.10. The molecule has 0 saturated carbocycles. The molecule has 1 atom stereocenters. The van der Waals surface area contributed by atoms with Crippen LogP contribution in [0.4, 0.5) is 0 Å². The van der Waals surface area contributed by atoms with Crippen molar-refractivity contribution in [2.45, 2.75) is 11.7 Å². The van der Waals surface area contributed by atoms with E-state index in [9.17, 15) is 14.4 Å². The van der Waals surface area contributed by atoms with Crippen molar-refractivity contribution in [1.29, 1.82) is 0 Å². The van der Waals surface area contributed by atoms with Gasteiger partial charge in [-0.3, -0.25) is 19.3 Å². The van der Waals surface area contributed by atoms with Crippen molar-refractivity contribution in [2.24, 2.45) is 0 Å². The van der Waals surface area contributed by atoms with Gasteiger partial charge in [0, 0.05) is 0 Å². The van der Waals surface area contributed by atoms with Gasteiger partial charge in [0.05, 0.1) is 13.1 Å². The molecule has 0 unspecified atom stereocenters. The quantitative estimate of drug-likeness (QED) is 0.500. The molecule has 6 nitrogen and oxygen atoms in total. The maximum atomic E-state index is 11.3. The SMILES string of the molecule is CC(=O)[C@H](Br)B1OC(=O)CN(C)CC(=O)O1. The highest BCUT2D eigenvalue weighted by atomic mass is 79.9. The van der Waals surface area contributed by atoms with Crippen LogP contribution in [0, 0.1) is 0 Å². The van der Waals surface area contributed by atoms with Gasteiger partial charge in [-0.05, 0) is 14.0 Å². The Bertz CT molecular complexity index is 304. The minimum atomic E-state index is -1.19. The Morgan fingerprint density at radius 3 is 2.19 bits per heavy atom. The first kappa shape index (κ1) is 13.2. The van der Waals surface area contributed by atoms with Crippen molar-refractivity contribution >= 4 is 40.8 Å². The van der Waals surface area contributed by atoms with Gasteiger partial charge in [-0.1, -0.05) is 15.9 Å². The number of nitrogens with zero attached hydrogens (tertiary/aromatic N) is 1. The number of Topliss-reactive ketones (excluding diaryl/α,β-unsaturated/α-hetero) is 1. The van der Waals surface area contributed by atoms with Gasteiger partial charge in [-0.2, -0.15) is 0 Å². The molecule has 88 valence electrons. The molecular formula is C8H11BBrNO5. The summed E-state index contributed by atoms with van der Waals surface area (Å²) in [5, 5.41) is 0. The summed E-state index contributed by atoms with van der Waals surface area (Å²) in [6.07, 6.45) is 0. The zero-order chi connectivity index (χ0) is 12.3. The summed E-state index contributed by atoms with van der Waals surface area (Å²) in [4.78, 5) is 35.2. The smallest absolute Gasteiger partial charge is 0.497 e. The van der Waals surface area contributed by atoms with Gasteiger partial charge < -0.3 is 9.31 Å². The van der Waals surface area contributed by atoms with Gasteiger partial charge in [0.15, 0.2) is 0 Å². The molecule has 0 radical (unpaired) electrons. The van der Waals surface area contributed by atoms with Gasteiger partial charge in [-0.15, -0.1) is 0 Å². The van der Waals surface area contributed by atoms with E-state index in [1.165, 1.54) is 11.8 Å². The van der Waals surface area contributed by atoms with E-state index in [1.54, 1.807) is 7.05 Å². The van der Waals surface area contributed by atoms with Gasteiger partial charge in [0.25, 0.3) is 0 Å². The fourth-order valence-electron chi connectivity index (χ4n) is 1.17. The topological polar surface area (TPSA) is 72.9 Å². The Hall–Kier alpha value is -0.885. The van der Waals surface area contributed by atoms with E-state index in [-0.39, 0.29) is 18.9 Å². The summed E-state index contributed by atoms with van der Waals surface area (Å²) in [6.45, 7) is 1.29. The third kappa shape index (κ3) is 3.60. The lowest BCUT2D eigenvalue weighted by atomic mass is 9.82. The van der Waals surface area contributed by atoms with Gasteiger partial charge in [-0.25, -0.2) is 0 Å². The van der Waals surface area contributed by atoms with Crippen molar-refractivity contribution in [3.05, 3.63) is 0 Å². The molecule has 1 fully saturated rings. The Kier molecular flexibility index (Phi) is 4.49. The largest absolute Gasteiger partial charge is 0.621 e. The van der Waals surface area contributed by atoms with Gasteiger partial charge in [0.2, 0.25) is 0 Å². The van der Waals surface area contributed by atoms with Crippen molar-refractivity contribution in [1.82, 2.24) is 4.90 Å². The molecule has 1 saturated heterocycles. The van der Waals surface area contributed by atoms with Crippen LogP contribution in [-0.2, 0) is 23.7 Å². The molecule has 0 aliphatic carbocycles. The fraction of sp³-hybridized carbons (Fsp3) is 0.625. The van der Waals surface area contributed by atoms with E-state index in [1.807, 2.05) is 0 Å². The van der Waals surface area contributed by atoms with Crippen LogP contribution in [-0.4, -0.2) is 54.6 Å². The number of carbonyl (C=O) groups is 3.